The summed E-state index contributed by atoms with van der Waals surface area (Å²) in [6.45, 7) is 2.15. The fourth-order valence-corrected chi connectivity index (χ4v) is 2.53. The van der Waals surface area contributed by atoms with Crippen LogP contribution in [0.1, 0.15) is 31.4 Å². The molecule has 2 atom stereocenters. The van der Waals surface area contributed by atoms with Crippen LogP contribution in [0.25, 0.3) is 0 Å². The number of benzene rings is 1. The minimum absolute atomic E-state index is 0.0976. The van der Waals surface area contributed by atoms with Crippen LogP contribution < -0.4 is 10.1 Å². The molecule has 2 amide bonds. The van der Waals surface area contributed by atoms with Crippen molar-refractivity contribution < 1.29 is 23.8 Å². The van der Waals surface area contributed by atoms with E-state index in [1.165, 1.54) is 31.0 Å². The first kappa shape index (κ1) is 17.1. The van der Waals surface area contributed by atoms with Crippen molar-refractivity contribution in [1.82, 2.24) is 10.2 Å². The number of fused-ring (bicyclic) bond motifs is 1. The highest BCUT2D eigenvalue weighted by Crippen LogP contribution is 2.32. The van der Waals surface area contributed by atoms with E-state index < -0.39 is 11.9 Å². The maximum Gasteiger partial charge on any atom is 0.317 e. The predicted molar refractivity (Wildman–Crippen MR) is 81.8 cm³/mol. The fourth-order valence-electron chi connectivity index (χ4n) is 2.53. The van der Waals surface area contributed by atoms with Crippen molar-refractivity contribution in [3.05, 3.63) is 29.6 Å². The number of carbonyl (C=O) groups excluding carboxylic acids is 1. The van der Waals surface area contributed by atoms with Crippen molar-refractivity contribution in [2.45, 2.75) is 25.8 Å². The van der Waals surface area contributed by atoms with E-state index in [2.05, 4.69) is 5.32 Å². The molecule has 23 heavy (non-hydrogen) atoms. The monoisotopic (exact) mass is 324 g/mol. The van der Waals surface area contributed by atoms with Gasteiger partial charge in [-0.2, -0.15) is 0 Å². The van der Waals surface area contributed by atoms with Gasteiger partial charge in [0, 0.05) is 19.2 Å². The number of hydrogen-bond donors (Lipinski definition) is 2. The van der Waals surface area contributed by atoms with Crippen LogP contribution in [-0.2, 0) is 4.79 Å². The molecule has 126 valence electrons. The Balaban J connectivity index is 2.09. The summed E-state index contributed by atoms with van der Waals surface area (Å²) in [7, 11) is 1.54. The zero-order chi connectivity index (χ0) is 17.0. The standard InChI is InChI=1S/C16H21FN2O4/c1-10(15(20)21)9-19(2)16(22)18-13-4-3-7-23-14-6-5-11(17)8-12(13)14/h5-6,8,10,13H,3-4,7,9H2,1-2H3,(H,18,22)(H,20,21). The Morgan fingerprint density at radius 3 is 2.96 bits per heavy atom. The highest BCUT2D eigenvalue weighted by molar-refractivity contribution is 5.76. The molecule has 1 aromatic carbocycles. The Kier molecular flexibility index (Phi) is 5.41. The average molecular weight is 324 g/mol. The van der Waals surface area contributed by atoms with Crippen LogP contribution in [0.15, 0.2) is 18.2 Å². The van der Waals surface area contributed by atoms with Gasteiger partial charge in [0.1, 0.15) is 11.6 Å². The number of nitrogens with one attached hydrogen (secondary N) is 1. The fraction of sp³-hybridized carbons (Fsp3) is 0.500. The highest BCUT2D eigenvalue weighted by atomic mass is 19.1. The van der Waals surface area contributed by atoms with Gasteiger partial charge in [-0.05, 0) is 31.0 Å². The predicted octanol–water partition coefficient (Wildman–Crippen LogP) is 2.40. The first-order valence-corrected chi connectivity index (χ1v) is 7.55. The summed E-state index contributed by atoms with van der Waals surface area (Å²) in [6, 6.07) is 3.50. The lowest BCUT2D eigenvalue weighted by Crippen LogP contribution is -2.42. The number of amides is 2. The first-order valence-electron chi connectivity index (χ1n) is 7.55. The summed E-state index contributed by atoms with van der Waals surface area (Å²) in [5, 5.41) is 11.7. The van der Waals surface area contributed by atoms with E-state index in [9.17, 15) is 14.0 Å². The number of carboxylic acid groups (broad SMARTS) is 1. The molecule has 0 aromatic heterocycles. The number of carboxylic acids is 1. The Bertz CT molecular complexity index is 593. The summed E-state index contributed by atoms with van der Waals surface area (Å²) >= 11 is 0. The molecular weight excluding hydrogens is 303 g/mol. The van der Waals surface area contributed by atoms with E-state index in [1.54, 1.807) is 6.07 Å². The zero-order valence-corrected chi connectivity index (χ0v) is 13.2. The summed E-state index contributed by atoms with van der Waals surface area (Å²) in [4.78, 5) is 24.5. The minimum atomic E-state index is -0.958. The highest BCUT2D eigenvalue weighted by Gasteiger charge is 2.24. The molecule has 1 aliphatic rings. The van der Waals surface area contributed by atoms with Crippen LogP contribution in [0, 0.1) is 11.7 Å². The SMILES string of the molecule is CC(CN(C)C(=O)NC1CCCOc2ccc(F)cc21)C(=O)O. The van der Waals surface area contributed by atoms with E-state index in [0.29, 0.717) is 24.3 Å². The normalized spacial score (nSPS) is 18.1. The van der Waals surface area contributed by atoms with Gasteiger partial charge in [-0.1, -0.05) is 6.92 Å². The maximum atomic E-state index is 13.5. The molecule has 6 nitrogen and oxygen atoms in total. The van der Waals surface area contributed by atoms with Crippen LogP contribution in [-0.4, -0.2) is 42.2 Å². The number of rotatable bonds is 4. The molecule has 2 rings (SSSR count). The van der Waals surface area contributed by atoms with Gasteiger partial charge in [-0.25, -0.2) is 9.18 Å². The minimum Gasteiger partial charge on any atom is -0.493 e. The maximum absolute atomic E-state index is 13.5. The molecule has 0 radical (unpaired) electrons. The second-order valence-electron chi connectivity index (χ2n) is 5.79. The van der Waals surface area contributed by atoms with E-state index in [-0.39, 0.29) is 24.4 Å². The number of nitrogens with zero attached hydrogens (tertiary/aromatic N) is 1. The zero-order valence-electron chi connectivity index (χ0n) is 13.2. The Morgan fingerprint density at radius 1 is 1.52 bits per heavy atom. The smallest absolute Gasteiger partial charge is 0.317 e. The van der Waals surface area contributed by atoms with Crippen molar-refractivity contribution in [1.29, 1.82) is 0 Å². The summed E-state index contributed by atoms with van der Waals surface area (Å²) < 4.78 is 19.1. The lowest BCUT2D eigenvalue weighted by molar-refractivity contribution is -0.141. The number of ether oxygens (including phenoxy) is 1. The van der Waals surface area contributed by atoms with E-state index in [4.69, 9.17) is 9.84 Å². The average Bonchev–Trinajstić information content (AvgIpc) is 2.69. The van der Waals surface area contributed by atoms with Gasteiger partial charge in [0.25, 0.3) is 0 Å². The van der Waals surface area contributed by atoms with Crippen molar-refractivity contribution in [2.75, 3.05) is 20.2 Å². The lowest BCUT2D eigenvalue weighted by Gasteiger charge is -2.24. The molecular formula is C16H21FN2O4. The summed E-state index contributed by atoms with van der Waals surface area (Å²) in [6.07, 6.45) is 1.36. The largest absolute Gasteiger partial charge is 0.493 e. The molecule has 2 N–H and O–H groups in total. The Hall–Kier alpha value is -2.31. The van der Waals surface area contributed by atoms with Gasteiger partial charge in [-0.3, -0.25) is 4.79 Å². The van der Waals surface area contributed by atoms with Crippen LogP contribution >= 0.6 is 0 Å². The van der Waals surface area contributed by atoms with Crippen LogP contribution in [0.3, 0.4) is 0 Å². The molecule has 1 heterocycles. The Labute approximate surface area is 134 Å². The molecule has 1 aromatic rings. The van der Waals surface area contributed by atoms with E-state index in [1.807, 2.05) is 0 Å². The van der Waals surface area contributed by atoms with E-state index in [0.717, 1.165) is 6.42 Å². The summed E-state index contributed by atoms with van der Waals surface area (Å²) in [5.74, 6) is -1.44. The van der Waals surface area contributed by atoms with Crippen LogP contribution in [0.2, 0.25) is 0 Å². The van der Waals surface area contributed by atoms with Gasteiger partial charge in [0.05, 0.1) is 18.6 Å². The topological polar surface area (TPSA) is 78.9 Å². The molecule has 0 fully saturated rings. The number of hydrogen-bond acceptors (Lipinski definition) is 3. The van der Waals surface area contributed by atoms with Gasteiger partial charge in [-0.15, -0.1) is 0 Å². The number of urea groups is 1. The third-order valence-corrected chi connectivity index (χ3v) is 3.86. The first-order chi connectivity index (χ1) is 10.9. The number of halogens is 1. The lowest BCUT2D eigenvalue weighted by atomic mass is 10.0. The molecule has 0 saturated heterocycles. The number of aliphatic carboxylic acids is 1. The van der Waals surface area contributed by atoms with Crippen molar-refractivity contribution in [2.24, 2.45) is 5.92 Å². The van der Waals surface area contributed by atoms with Gasteiger partial charge < -0.3 is 20.1 Å². The molecule has 0 bridgehead atoms. The molecule has 1 aliphatic heterocycles. The second-order valence-corrected chi connectivity index (χ2v) is 5.79. The summed E-state index contributed by atoms with van der Waals surface area (Å²) in [5.41, 5.74) is 0.607. The van der Waals surface area contributed by atoms with E-state index >= 15 is 0 Å². The molecule has 0 spiro atoms. The second kappa shape index (κ2) is 7.30. The van der Waals surface area contributed by atoms with Crippen LogP contribution in [0.4, 0.5) is 9.18 Å². The molecule has 2 unspecified atom stereocenters. The quantitative estimate of drug-likeness (QED) is 0.891. The molecule has 0 saturated carbocycles. The van der Waals surface area contributed by atoms with Gasteiger partial charge >= 0.3 is 12.0 Å². The Morgan fingerprint density at radius 2 is 2.26 bits per heavy atom. The van der Waals surface area contributed by atoms with Crippen molar-refractivity contribution in [3.8, 4) is 5.75 Å². The molecule has 0 aliphatic carbocycles. The van der Waals surface area contributed by atoms with Crippen molar-refractivity contribution in [3.63, 3.8) is 0 Å². The third kappa shape index (κ3) is 4.34. The number of carbonyl (C=O) groups is 2. The molecule has 7 heteroatoms. The van der Waals surface area contributed by atoms with Gasteiger partial charge in [0.15, 0.2) is 0 Å². The van der Waals surface area contributed by atoms with Crippen LogP contribution in [0.5, 0.6) is 5.75 Å². The third-order valence-electron chi connectivity index (χ3n) is 3.86. The van der Waals surface area contributed by atoms with Gasteiger partial charge in [0.2, 0.25) is 0 Å². The van der Waals surface area contributed by atoms with Crippen molar-refractivity contribution >= 4 is 12.0 Å².